The van der Waals surface area contributed by atoms with Gasteiger partial charge in [0.2, 0.25) is 0 Å². The van der Waals surface area contributed by atoms with Crippen molar-refractivity contribution < 1.29 is 5.11 Å². The van der Waals surface area contributed by atoms with Crippen molar-refractivity contribution in [2.24, 2.45) is 0 Å². The van der Waals surface area contributed by atoms with E-state index in [9.17, 15) is 5.11 Å². The Morgan fingerprint density at radius 1 is 1.00 bits per heavy atom. The molecule has 1 aliphatic heterocycles. The van der Waals surface area contributed by atoms with Crippen LogP contribution in [0.3, 0.4) is 0 Å². The van der Waals surface area contributed by atoms with Crippen LogP contribution >= 0.6 is 23.4 Å². The van der Waals surface area contributed by atoms with E-state index >= 15 is 0 Å². The Kier molecular flexibility index (Phi) is 2.89. The summed E-state index contributed by atoms with van der Waals surface area (Å²) < 4.78 is 2.00. The van der Waals surface area contributed by atoms with E-state index in [1.54, 1.807) is 0 Å². The van der Waals surface area contributed by atoms with Gasteiger partial charge in [-0.05, 0) is 30.3 Å². The van der Waals surface area contributed by atoms with E-state index in [2.05, 4.69) is 0 Å². The Balaban J connectivity index is 1.97. The molecule has 21 heavy (non-hydrogen) atoms. The number of benzene rings is 2. The third kappa shape index (κ3) is 1.93. The quantitative estimate of drug-likeness (QED) is 0.719. The maximum absolute atomic E-state index is 11.3. The number of thioether (sulfide) groups is 1. The molecule has 4 heteroatoms. The molecule has 0 saturated heterocycles. The number of nitrogens with zero attached hydrogens (tertiary/aromatic N) is 1. The highest BCUT2D eigenvalue weighted by Gasteiger charge is 2.39. The predicted molar refractivity (Wildman–Crippen MR) is 86.1 cm³/mol. The Morgan fingerprint density at radius 2 is 1.81 bits per heavy atom. The summed E-state index contributed by atoms with van der Waals surface area (Å²) in [5.41, 5.74) is 2.72. The molecule has 0 amide bonds. The zero-order chi connectivity index (χ0) is 14.4. The van der Waals surface area contributed by atoms with Crippen LogP contribution in [-0.2, 0) is 4.93 Å². The molecular formula is C17H12ClNOS. The average molecular weight is 314 g/mol. The SMILES string of the molecule is O[C@@]1(c2ccccc2)Sc2ccc(Cl)cc2-n2cccc21. The van der Waals surface area contributed by atoms with Crippen LogP contribution in [0.15, 0.2) is 71.8 Å². The fraction of sp³-hybridized carbons (Fsp3) is 0.0588. The molecule has 0 unspecified atom stereocenters. The second kappa shape index (κ2) is 4.67. The van der Waals surface area contributed by atoms with E-state index in [4.69, 9.17) is 11.6 Å². The third-order valence-corrected chi connectivity index (χ3v) is 5.24. The second-order valence-electron chi connectivity index (χ2n) is 4.99. The Morgan fingerprint density at radius 3 is 2.62 bits per heavy atom. The van der Waals surface area contributed by atoms with Gasteiger partial charge in [0.25, 0.3) is 0 Å². The van der Waals surface area contributed by atoms with E-state index in [1.807, 2.05) is 71.4 Å². The second-order valence-corrected chi connectivity index (χ2v) is 6.66. The first-order chi connectivity index (χ1) is 10.2. The minimum Gasteiger partial charge on any atom is -0.370 e. The standard InChI is InChI=1S/C17H12ClNOS/c18-13-8-9-15-14(11-13)19-10-4-7-16(19)17(20,21-15)12-5-2-1-3-6-12/h1-11,20H/t17-/m0/s1. The molecule has 4 rings (SSSR count). The highest BCUT2D eigenvalue weighted by atomic mass is 35.5. The normalized spacial score (nSPS) is 19.9. The number of halogens is 1. The van der Waals surface area contributed by atoms with Crippen molar-refractivity contribution in [3.05, 3.63) is 83.1 Å². The van der Waals surface area contributed by atoms with Crippen LogP contribution in [0.25, 0.3) is 5.69 Å². The molecule has 2 aromatic carbocycles. The molecule has 2 heterocycles. The fourth-order valence-corrected chi connectivity index (χ4v) is 4.12. The van der Waals surface area contributed by atoms with Crippen molar-refractivity contribution in [2.75, 3.05) is 0 Å². The molecule has 3 aromatic rings. The monoisotopic (exact) mass is 313 g/mol. The first-order valence-corrected chi connectivity index (χ1v) is 7.82. The van der Waals surface area contributed by atoms with Crippen LogP contribution in [0.5, 0.6) is 0 Å². The van der Waals surface area contributed by atoms with E-state index < -0.39 is 4.93 Å². The topological polar surface area (TPSA) is 25.2 Å². The summed E-state index contributed by atoms with van der Waals surface area (Å²) in [5.74, 6) is 0. The third-order valence-electron chi connectivity index (χ3n) is 3.70. The van der Waals surface area contributed by atoms with E-state index in [0.29, 0.717) is 5.02 Å². The lowest BCUT2D eigenvalue weighted by molar-refractivity contribution is 0.172. The maximum atomic E-state index is 11.3. The minimum atomic E-state index is -1.09. The number of aliphatic hydroxyl groups is 1. The number of hydrogen-bond donors (Lipinski definition) is 1. The van der Waals surface area contributed by atoms with Crippen LogP contribution in [0.1, 0.15) is 11.3 Å². The Labute approximate surface area is 132 Å². The van der Waals surface area contributed by atoms with E-state index in [0.717, 1.165) is 21.8 Å². The van der Waals surface area contributed by atoms with Gasteiger partial charge in [0.15, 0.2) is 4.93 Å². The summed E-state index contributed by atoms with van der Waals surface area (Å²) in [6.07, 6.45) is 1.96. The molecule has 1 atom stereocenters. The zero-order valence-electron chi connectivity index (χ0n) is 11.0. The van der Waals surface area contributed by atoms with Gasteiger partial charge in [-0.2, -0.15) is 0 Å². The Bertz CT molecular complexity index is 815. The lowest BCUT2D eigenvalue weighted by Crippen LogP contribution is -2.29. The maximum Gasteiger partial charge on any atom is 0.181 e. The fourth-order valence-electron chi connectivity index (χ4n) is 2.71. The zero-order valence-corrected chi connectivity index (χ0v) is 12.6. The number of hydrogen-bond acceptors (Lipinski definition) is 2. The molecule has 2 nitrogen and oxygen atoms in total. The molecule has 1 aromatic heterocycles. The molecule has 1 N–H and O–H groups in total. The van der Waals surface area contributed by atoms with Gasteiger partial charge in [-0.1, -0.05) is 53.7 Å². The summed E-state index contributed by atoms with van der Waals surface area (Å²) in [5, 5.41) is 12.0. The molecule has 0 radical (unpaired) electrons. The van der Waals surface area contributed by atoms with Crippen LogP contribution in [0.2, 0.25) is 5.02 Å². The van der Waals surface area contributed by atoms with Crippen LogP contribution in [0, 0.1) is 0 Å². The highest BCUT2D eigenvalue weighted by Crippen LogP contribution is 2.50. The summed E-state index contributed by atoms with van der Waals surface area (Å²) in [6.45, 7) is 0. The Hall–Kier alpha value is -1.68. The smallest absolute Gasteiger partial charge is 0.181 e. The van der Waals surface area contributed by atoms with Gasteiger partial charge in [-0.15, -0.1) is 0 Å². The van der Waals surface area contributed by atoms with Crippen molar-refractivity contribution in [3.8, 4) is 5.69 Å². The molecule has 0 bridgehead atoms. The molecule has 0 aliphatic carbocycles. The molecular weight excluding hydrogens is 302 g/mol. The number of fused-ring (bicyclic) bond motifs is 3. The van der Waals surface area contributed by atoms with E-state index in [-0.39, 0.29) is 0 Å². The predicted octanol–water partition coefficient (Wildman–Crippen LogP) is 4.43. The summed E-state index contributed by atoms with van der Waals surface area (Å²) in [7, 11) is 0. The van der Waals surface area contributed by atoms with Gasteiger partial charge < -0.3 is 9.67 Å². The van der Waals surface area contributed by atoms with Crippen LogP contribution in [0.4, 0.5) is 0 Å². The lowest BCUT2D eigenvalue weighted by Gasteiger charge is -2.34. The first kappa shape index (κ1) is 13.0. The van der Waals surface area contributed by atoms with E-state index in [1.165, 1.54) is 11.8 Å². The van der Waals surface area contributed by atoms with Crippen molar-refractivity contribution >= 4 is 23.4 Å². The molecule has 1 aliphatic rings. The summed E-state index contributed by atoms with van der Waals surface area (Å²) >= 11 is 7.56. The van der Waals surface area contributed by atoms with Crippen molar-refractivity contribution in [1.29, 1.82) is 0 Å². The average Bonchev–Trinajstić information content (AvgIpc) is 3.00. The minimum absolute atomic E-state index is 0.694. The van der Waals surface area contributed by atoms with Gasteiger partial charge in [0, 0.05) is 21.7 Å². The summed E-state index contributed by atoms with van der Waals surface area (Å²) in [6, 6.07) is 19.4. The largest absolute Gasteiger partial charge is 0.370 e. The highest BCUT2D eigenvalue weighted by molar-refractivity contribution is 8.00. The molecule has 104 valence electrons. The van der Waals surface area contributed by atoms with Gasteiger partial charge in [0.05, 0.1) is 11.4 Å². The van der Waals surface area contributed by atoms with Crippen LogP contribution in [-0.4, -0.2) is 9.67 Å². The summed E-state index contributed by atoms with van der Waals surface area (Å²) in [4.78, 5) is -0.0829. The van der Waals surface area contributed by atoms with Crippen molar-refractivity contribution in [1.82, 2.24) is 4.57 Å². The number of rotatable bonds is 1. The van der Waals surface area contributed by atoms with Gasteiger partial charge in [-0.25, -0.2) is 0 Å². The van der Waals surface area contributed by atoms with Crippen molar-refractivity contribution in [2.45, 2.75) is 9.83 Å². The lowest BCUT2D eigenvalue weighted by atomic mass is 10.1. The molecule has 0 spiro atoms. The van der Waals surface area contributed by atoms with Crippen molar-refractivity contribution in [3.63, 3.8) is 0 Å². The van der Waals surface area contributed by atoms with Gasteiger partial charge in [-0.3, -0.25) is 0 Å². The van der Waals surface area contributed by atoms with Crippen LogP contribution < -0.4 is 0 Å². The van der Waals surface area contributed by atoms with Gasteiger partial charge >= 0.3 is 0 Å². The number of aromatic nitrogens is 1. The molecule has 0 fully saturated rings. The molecule has 0 saturated carbocycles. The van der Waals surface area contributed by atoms with Gasteiger partial charge in [0.1, 0.15) is 0 Å². The first-order valence-electron chi connectivity index (χ1n) is 6.63.